The van der Waals surface area contributed by atoms with Gasteiger partial charge in [-0.15, -0.1) is 0 Å². The third-order valence-corrected chi connectivity index (χ3v) is 6.14. The Morgan fingerprint density at radius 1 is 1.24 bits per heavy atom. The molecule has 1 aliphatic carbocycles. The first kappa shape index (κ1) is 20.8. The maximum absolute atomic E-state index is 13.1. The Hall–Kier alpha value is -2.88. The lowest BCUT2D eigenvalue weighted by molar-refractivity contribution is -0.157. The van der Waals surface area contributed by atoms with Crippen LogP contribution in [0.2, 0.25) is 0 Å². The Morgan fingerprint density at radius 3 is 2.38 bits per heavy atom. The highest BCUT2D eigenvalue weighted by Crippen LogP contribution is 2.39. The molecule has 1 aromatic rings. The van der Waals surface area contributed by atoms with Crippen LogP contribution in [0, 0.1) is 17.2 Å². The van der Waals surface area contributed by atoms with E-state index >= 15 is 0 Å². The van der Waals surface area contributed by atoms with Gasteiger partial charge in [-0.2, -0.15) is 5.26 Å². The Morgan fingerprint density at radius 2 is 1.86 bits per heavy atom. The van der Waals surface area contributed by atoms with Crippen LogP contribution in [0.15, 0.2) is 30.3 Å². The number of hydrogen-bond donors (Lipinski definition) is 1. The molecule has 1 N–H and O–H groups in total. The molecule has 2 fully saturated rings. The number of nitrogens with zero attached hydrogens (tertiary/aromatic N) is 2. The summed E-state index contributed by atoms with van der Waals surface area (Å²) in [5, 5.41) is 12.1. The summed E-state index contributed by atoms with van der Waals surface area (Å²) in [6.07, 6.45) is 2.70. The second-order valence-electron chi connectivity index (χ2n) is 8.17. The molecule has 0 radical (unpaired) electrons. The molecule has 1 aromatic carbocycles. The number of amides is 2. The number of piperidine rings is 1. The van der Waals surface area contributed by atoms with Crippen molar-refractivity contribution in [2.45, 2.75) is 50.5 Å². The molecule has 1 atom stereocenters. The Labute approximate surface area is 171 Å². The smallest absolute Gasteiger partial charge is 0.317 e. The third kappa shape index (κ3) is 4.42. The third-order valence-electron chi connectivity index (χ3n) is 6.14. The molecule has 154 valence electrons. The molecule has 3 rings (SSSR count). The highest BCUT2D eigenvalue weighted by atomic mass is 16.5. The van der Waals surface area contributed by atoms with Crippen molar-refractivity contribution >= 4 is 17.8 Å². The quantitative estimate of drug-likeness (QED) is 0.740. The van der Waals surface area contributed by atoms with E-state index in [-0.39, 0.29) is 11.8 Å². The largest absolute Gasteiger partial charge is 0.455 e. The summed E-state index contributed by atoms with van der Waals surface area (Å²) in [6, 6.07) is 11.5. The van der Waals surface area contributed by atoms with Crippen LogP contribution in [-0.4, -0.2) is 47.9 Å². The summed E-state index contributed by atoms with van der Waals surface area (Å²) >= 11 is 0. The molecule has 0 unspecified atom stereocenters. The van der Waals surface area contributed by atoms with Crippen molar-refractivity contribution in [3.63, 3.8) is 0 Å². The molecular weight excluding hydrogens is 370 g/mol. The van der Waals surface area contributed by atoms with E-state index in [4.69, 9.17) is 4.74 Å². The normalized spacial score (nSPS) is 20.1. The van der Waals surface area contributed by atoms with Crippen LogP contribution in [0.3, 0.4) is 0 Å². The molecule has 7 nitrogen and oxygen atoms in total. The van der Waals surface area contributed by atoms with Gasteiger partial charge in [0.05, 0.1) is 11.5 Å². The van der Waals surface area contributed by atoms with Gasteiger partial charge >= 0.3 is 5.97 Å². The number of rotatable bonds is 6. The molecule has 0 aromatic heterocycles. The van der Waals surface area contributed by atoms with Crippen molar-refractivity contribution in [3.05, 3.63) is 35.9 Å². The highest BCUT2D eigenvalue weighted by molar-refractivity contribution is 5.87. The number of ether oxygens (including phenoxy) is 1. The van der Waals surface area contributed by atoms with Gasteiger partial charge in [0.2, 0.25) is 5.91 Å². The van der Waals surface area contributed by atoms with Gasteiger partial charge in [0.25, 0.3) is 5.91 Å². The molecule has 1 saturated heterocycles. The lowest BCUT2D eigenvalue weighted by atomic mass is 9.72. The first-order chi connectivity index (χ1) is 13.8. The molecule has 1 heterocycles. The average Bonchev–Trinajstić information content (AvgIpc) is 3.58. The Kier molecular flexibility index (Phi) is 5.92. The summed E-state index contributed by atoms with van der Waals surface area (Å²) in [5.41, 5.74) is -0.982. The summed E-state index contributed by atoms with van der Waals surface area (Å²) in [4.78, 5) is 38.8. The fourth-order valence-corrected chi connectivity index (χ4v) is 4.05. The minimum Gasteiger partial charge on any atom is -0.455 e. The van der Waals surface area contributed by atoms with Crippen LogP contribution < -0.4 is 5.32 Å². The number of carbonyl (C=O) groups excluding carboxylic acids is 3. The molecular formula is C22H27N3O4. The van der Waals surface area contributed by atoms with Crippen molar-refractivity contribution in [3.8, 4) is 6.07 Å². The van der Waals surface area contributed by atoms with Crippen molar-refractivity contribution in [1.82, 2.24) is 10.2 Å². The summed E-state index contributed by atoms with van der Waals surface area (Å²) in [5.74, 6) is -0.806. The minimum atomic E-state index is -0.923. The number of nitriles is 1. The zero-order chi connectivity index (χ0) is 21.1. The zero-order valence-corrected chi connectivity index (χ0v) is 16.9. The van der Waals surface area contributed by atoms with E-state index in [1.165, 1.54) is 6.92 Å². The second kappa shape index (κ2) is 8.24. The molecule has 29 heavy (non-hydrogen) atoms. The van der Waals surface area contributed by atoms with Crippen LogP contribution in [-0.2, 0) is 24.5 Å². The van der Waals surface area contributed by atoms with E-state index in [1.807, 2.05) is 30.3 Å². The molecule has 1 aliphatic heterocycles. The fourth-order valence-electron chi connectivity index (χ4n) is 4.05. The van der Waals surface area contributed by atoms with Crippen LogP contribution in [0.4, 0.5) is 0 Å². The summed E-state index contributed by atoms with van der Waals surface area (Å²) < 4.78 is 5.42. The molecule has 7 heteroatoms. The molecule has 0 spiro atoms. The maximum Gasteiger partial charge on any atom is 0.317 e. The maximum atomic E-state index is 13.1. The van der Waals surface area contributed by atoms with Crippen LogP contribution in [0.5, 0.6) is 0 Å². The Bertz CT molecular complexity index is 820. The fraction of sp³-hybridized carbons (Fsp3) is 0.545. The highest BCUT2D eigenvalue weighted by Gasteiger charge is 2.46. The van der Waals surface area contributed by atoms with E-state index in [0.29, 0.717) is 25.9 Å². The molecule has 2 amide bonds. The predicted molar refractivity (Wildman–Crippen MR) is 105 cm³/mol. The van der Waals surface area contributed by atoms with Crippen LogP contribution >= 0.6 is 0 Å². The standard InChI is InChI=1S/C22H27N3O4/c1-16(26)25-12-10-22(11-13-25,18-6-4-3-5-7-18)20(28)29-14-19(27)24-21(2,15-23)17-8-9-17/h3-7,17H,8-14H2,1-2H3,(H,24,27)/t21-/m1/s1. The molecule has 1 saturated carbocycles. The van der Waals surface area contributed by atoms with Gasteiger partial charge in [-0.25, -0.2) is 0 Å². The monoisotopic (exact) mass is 397 g/mol. The average molecular weight is 397 g/mol. The van der Waals surface area contributed by atoms with Crippen molar-refractivity contribution in [2.24, 2.45) is 5.92 Å². The lowest BCUT2D eigenvalue weighted by Crippen LogP contribution is -2.51. The number of nitrogens with one attached hydrogen (secondary N) is 1. The number of carbonyl (C=O) groups is 3. The van der Waals surface area contributed by atoms with Gasteiger partial charge < -0.3 is 15.0 Å². The van der Waals surface area contributed by atoms with Gasteiger partial charge in [-0.1, -0.05) is 30.3 Å². The van der Waals surface area contributed by atoms with Gasteiger partial charge in [-0.3, -0.25) is 14.4 Å². The van der Waals surface area contributed by atoms with Crippen LogP contribution in [0.1, 0.15) is 45.1 Å². The zero-order valence-electron chi connectivity index (χ0n) is 16.9. The predicted octanol–water partition coefficient (Wildman–Crippen LogP) is 1.92. The van der Waals surface area contributed by atoms with Gasteiger partial charge in [0, 0.05) is 20.0 Å². The van der Waals surface area contributed by atoms with Gasteiger partial charge in [0.1, 0.15) is 5.54 Å². The van der Waals surface area contributed by atoms with Crippen molar-refractivity contribution in [2.75, 3.05) is 19.7 Å². The SMILES string of the molecule is CC(=O)N1CCC(C(=O)OCC(=O)N[C@](C)(C#N)C2CC2)(c2ccccc2)CC1. The minimum absolute atomic E-state index is 0.0183. The van der Waals surface area contributed by atoms with Gasteiger partial charge in [-0.05, 0) is 44.1 Å². The number of esters is 1. The van der Waals surface area contributed by atoms with E-state index in [2.05, 4.69) is 11.4 Å². The lowest BCUT2D eigenvalue weighted by Gasteiger charge is -2.40. The van der Waals surface area contributed by atoms with Gasteiger partial charge in [0.15, 0.2) is 6.61 Å². The van der Waals surface area contributed by atoms with Crippen molar-refractivity contribution < 1.29 is 19.1 Å². The van der Waals surface area contributed by atoms with Crippen molar-refractivity contribution in [1.29, 1.82) is 5.26 Å². The second-order valence-corrected chi connectivity index (χ2v) is 8.17. The molecule has 0 bridgehead atoms. The van der Waals surface area contributed by atoms with Crippen LogP contribution in [0.25, 0.3) is 0 Å². The summed E-state index contributed by atoms with van der Waals surface area (Å²) in [7, 11) is 0. The first-order valence-corrected chi connectivity index (χ1v) is 10.0. The summed E-state index contributed by atoms with van der Waals surface area (Å²) in [6.45, 7) is 3.71. The van der Waals surface area contributed by atoms with E-state index in [9.17, 15) is 19.6 Å². The number of benzene rings is 1. The first-order valence-electron chi connectivity index (χ1n) is 10.0. The Balaban J connectivity index is 1.69. The van der Waals surface area contributed by atoms with E-state index < -0.39 is 29.4 Å². The van der Waals surface area contributed by atoms with E-state index in [1.54, 1.807) is 11.8 Å². The number of hydrogen-bond acceptors (Lipinski definition) is 5. The molecule has 2 aliphatic rings. The topological polar surface area (TPSA) is 99.5 Å². The van der Waals surface area contributed by atoms with E-state index in [0.717, 1.165) is 18.4 Å². The number of likely N-dealkylation sites (tertiary alicyclic amines) is 1.